The monoisotopic (exact) mass is 609 g/mol. The molecule has 0 aliphatic carbocycles. The quantitative estimate of drug-likeness (QED) is 0.337. The molecule has 6 rings (SSSR count). The normalized spacial score (nSPS) is 19.7. The highest BCUT2D eigenvalue weighted by atomic mass is 32.1. The number of thiazole rings is 1. The molecule has 2 atom stereocenters. The molecule has 0 unspecified atom stereocenters. The van der Waals surface area contributed by atoms with Crippen LogP contribution in [-0.2, 0) is 11.2 Å². The number of likely N-dealkylation sites (tertiary alicyclic amines) is 1. The summed E-state index contributed by atoms with van der Waals surface area (Å²) < 4.78 is 15.4. The predicted octanol–water partition coefficient (Wildman–Crippen LogP) is 3.36. The van der Waals surface area contributed by atoms with Gasteiger partial charge in [-0.25, -0.2) is 14.4 Å². The lowest BCUT2D eigenvalue weighted by atomic mass is 10.1. The maximum Gasteiger partial charge on any atom is 0.236 e. The van der Waals surface area contributed by atoms with Gasteiger partial charge in [-0.2, -0.15) is 9.78 Å². The van der Waals surface area contributed by atoms with Crippen LogP contribution in [0, 0.1) is 17.1 Å². The van der Waals surface area contributed by atoms with Crippen LogP contribution in [0.2, 0.25) is 0 Å². The minimum Gasteiger partial charge on any atom is -0.389 e. The van der Waals surface area contributed by atoms with Crippen LogP contribution in [0.1, 0.15) is 31.3 Å². The smallest absolute Gasteiger partial charge is 0.236 e. The standard InChI is InChI=1S/C28H32FN9O2S2/c1-5-21-25(34(4)26-32-24(22(10-30)41-26)18-6-8-19(29)9-7-18)38-27(31-21)42-28(33-38)37-12-16(2)35(11-17(37)3)15-23(40)36-13-20(39)14-36/h6-9,16-17,20,39H,5,11-15H2,1-4H3/t16-,17+/m0/s1. The fourth-order valence-corrected chi connectivity index (χ4v) is 7.37. The summed E-state index contributed by atoms with van der Waals surface area (Å²) in [7, 11) is 1.90. The van der Waals surface area contributed by atoms with Crippen molar-refractivity contribution < 1.29 is 14.3 Å². The van der Waals surface area contributed by atoms with E-state index in [1.807, 2.05) is 23.4 Å². The molecule has 42 heavy (non-hydrogen) atoms. The van der Waals surface area contributed by atoms with Gasteiger partial charge in [0.25, 0.3) is 0 Å². The zero-order chi connectivity index (χ0) is 29.7. The molecular formula is C28H32FN9O2S2. The van der Waals surface area contributed by atoms with Crippen LogP contribution in [0.25, 0.3) is 16.2 Å². The summed E-state index contributed by atoms with van der Waals surface area (Å²) >= 11 is 2.80. The van der Waals surface area contributed by atoms with Crippen molar-refractivity contribution in [2.45, 2.75) is 45.4 Å². The van der Waals surface area contributed by atoms with Crippen molar-refractivity contribution in [3.8, 4) is 17.3 Å². The number of hydrogen-bond donors (Lipinski definition) is 1. The summed E-state index contributed by atoms with van der Waals surface area (Å²) in [6.07, 6.45) is 0.296. The van der Waals surface area contributed by atoms with Gasteiger partial charge in [0, 0.05) is 50.9 Å². The van der Waals surface area contributed by atoms with E-state index in [9.17, 15) is 19.6 Å². The number of rotatable bonds is 7. The summed E-state index contributed by atoms with van der Waals surface area (Å²) in [6, 6.07) is 8.50. The Hall–Kier alpha value is -3.64. The Morgan fingerprint density at radius 3 is 2.55 bits per heavy atom. The van der Waals surface area contributed by atoms with Gasteiger partial charge in [-0.15, -0.1) is 5.10 Å². The lowest BCUT2D eigenvalue weighted by Gasteiger charge is -2.45. The van der Waals surface area contributed by atoms with E-state index in [-0.39, 0.29) is 23.8 Å². The molecule has 3 aromatic heterocycles. The molecule has 2 aliphatic rings. The number of piperazine rings is 1. The first-order valence-corrected chi connectivity index (χ1v) is 15.6. The number of nitrogens with zero attached hydrogens (tertiary/aromatic N) is 9. The minimum atomic E-state index is -0.399. The maximum atomic E-state index is 13.5. The molecular weight excluding hydrogens is 578 g/mol. The molecule has 2 saturated heterocycles. The third kappa shape index (κ3) is 5.11. The average Bonchev–Trinajstić information content (AvgIpc) is 3.65. The number of amides is 1. The van der Waals surface area contributed by atoms with Crippen LogP contribution >= 0.6 is 22.7 Å². The van der Waals surface area contributed by atoms with E-state index in [1.54, 1.807) is 17.0 Å². The molecule has 5 heterocycles. The van der Waals surface area contributed by atoms with E-state index >= 15 is 0 Å². The third-order valence-electron chi connectivity index (χ3n) is 7.93. The van der Waals surface area contributed by atoms with Gasteiger partial charge >= 0.3 is 0 Å². The number of carbonyl (C=O) groups is 1. The molecule has 2 fully saturated rings. The van der Waals surface area contributed by atoms with Crippen molar-refractivity contribution in [3.05, 3.63) is 40.7 Å². The average molecular weight is 610 g/mol. The number of imidazole rings is 1. The minimum absolute atomic E-state index is 0.0598. The van der Waals surface area contributed by atoms with Crippen LogP contribution in [0.15, 0.2) is 24.3 Å². The summed E-state index contributed by atoms with van der Waals surface area (Å²) in [5.41, 5.74) is 2.08. The third-order valence-corrected chi connectivity index (χ3v) is 9.91. The Labute approximate surface area is 251 Å². The van der Waals surface area contributed by atoms with Gasteiger partial charge in [-0.3, -0.25) is 9.69 Å². The number of aromatic nitrogens is 4. The van der Waals surface area contributed by atoms with Gasteiger partial charge in [0.1, 0.15) is 22.5 Å². The number of aliphatic hydroxyl groups is 1. The number of hydrogen-bond acceptors (Lipinski definition) is 11. The lowest BCUT2D eigenvalue weighted by Crippen LogP contribution is -2.61. The second kappa shape index (κ2) is 11.2. The summed E-state index contributed by atoms with van der Waals surface area (Å²) in [6.45, 7) is 8.94. The second-order valence-electron chi connectivity index (χ2n) is 10.9. The van der Waals surface area contributed by atoms with E-state index in [1.165, 1.54) is 34.8 Å². The van der Waals surface area contributed by atoms with Gasteiger partial charge in [-0.1, -0.05) is 29.6 Å². The highest BCUT2D eigenvalue weighted by Gasteiger charge is 2.36. The van der Waals surface area contributed by atoms with Crippen molar-refractivity contribution in [2.24, 2.45) is 0 Å². The highest BCUT2D eigenvalue weighted by Crippen LogP contribution is 2.38. The molecule has 0 radical (unpaired) electrons. The number of fused-ring (bicyclic) bond motifs is 1. The Morgan fingerprint density at radius 1 is 1.14 bits per heavy atom. The van der Waals surface area contributed by atoms with E-state index in [4.69, 9.17) is 15.1 Å². The zero-order valence-electron chi connectivity index (χ0n) is 23.9. The van der Waals surface area contributed by atoms with Gasteiger partial charge in [0.2, 0.25) is 16.0 Å². The molecule has 14 heteroatoms. The molecule has 0 bridgehead atoms. The number of β-amino-alcohol motifs (C(OH)–C–C–N with tert-alkyl or cyclic N) is 1. The SMILES string of the molecule is CCc1nc2sc(N3C[C@H](C)N(CC(=O)N4CC(O)C4)C[C@H]3C)nn2c1N(C)c1nc(-c2ccc(F)cc2)c(C#N)s1. The van der Waals surface area contributed by atoms with Crippen LogP contribution in [0.3, 0.4) is 0 Å². The number of aliphatic hydroxyl groups excluding tert-OH is 1. The first-order valence-electron chi connectivity index (χ1n) is 13.9. The number of benzene rings is 1. The fraction of sp³-hybridized carbons (Fsp3) is 0.464. The van der Waals surface area contributed by atoms with Crippen LogP contribution < -0.4 is 9.80 Å². The molecule has 11 nitrogen and oxygen atoms in total. The Bertz CT molecular complexity index is 1650. The molecule has 2 aliphatic heterocycles. The topological polar surface area (TPSA) is 117 Å². The van der Waals surface area contributed by atoms with E-state index < -0.39 is 6.10 Å². The summed E-state index contributed by atoms with van der Waals surface area (Å²) in [4.78, 5) is 31.6. The number of carbonyl (C=O) groups excluding carboxylic acids is 1. The molecule has 1 aromatic carbocycles. The molecule has 220 valence electrons. The van der Waals surface area contributed by atoms with Crippen LogP contribution in [0.5, 0.6) is 0 Å². The van der Waals surface area contributed by atoms with Crippen molar-refractivity contribution in [2.75, 3.05) is 49.6 Å². The number of aryl methyl sites for hydroxylation is 1. The van der Waals surface area contributed by atoms with Gasteiger partial charge in [0.15, 0.2) is 10.9 Å². The fourth-order valence-electron chi connectivity index (χ4n) is 5.50. The number of nitriles is 1. The number of halogens is 1. The first-order chi connectivity index (χ1) is 20.2. The van der Waals surface area contributed by atoms with Crippen molar-refractivity contribution in [1.29, 1.82) is 5.26 Å². The van der Waals surface area contributed by atoms with Crippen molar-refractivity contribution in [3.63, 3.8) is 0 Å². The Morgan fingerprint density at radius 2 is 1.88 bits per heavy atom. The van der Waals surface area contributed by atoms with Crippen molar-refractivity contribution in [1.82, 2.24) is 29.4 Å². The maximum absolute atomic E-state index is 13.5. The Balaban J connectivity index is 1.25. The predicted molar refractivity (Wildman–Crippen MR) is 161 cm³/mol. The summed E-state index contributed by atoms with van der Waals surface area (Å²) in [5.74, 6) is 0.509. The molecule has 0 saturated carbocycles. The lowest BCUT2D eigenvalue weighted by molar-refractivity contribution is -0.143. The van der Waals surface area contributed by atoms with E-state index in [2.05, 4.69) is 29.7 Å². The van der Waals surface area contributed by atoms with Crippen LogP contribution in [-0.4, -0.2) is 98.4 Å². The highest BCUT2D eigenvalue weighted by molar-refractivity contribution is 7.20. The molecule has 1 N–H and O–H groups in total. The van der Waals surface area contributed by atoms with E-state index in [0.717, 1.165) is 34.7 Å². The second-order valence-corrected chi connectivity index (χ2v) is 12.8. The van der Waals surface area contributed by atoms with Crippen molar-refractivity contribution >= 4 is 49.6 Å². The molecule has 1 amide bonds. The largest absolute Gasteiger partial charge is 0.389 e. The van der Waals surface area contributed by atoms with Gasteiger partial charge in [0.05, 0.1) is 18.3 Å². The molecule has 4 aromatic rings. The first kappa shape index (κ1) is 28.5. The van der Waals surface area contributed by atoms with E-state index in [0.29, 0.717) is 47.3 Å². The Kier molecular flexibility index (Phi) is 7.61. The summed E-state index contributed by atoms with van der Waals surface area (Å²) in [5, 5.41) is 25.8. The number of anilines is 3. The van der Waals surface area contributed by atoms with Crippen LogP contribution in [0.4, 0.5) is 20.5 Å². The van der Waals surface area contributed by atoms with Gasteiger partial charge < -0.3 is 19.8 Å². The zero-order valence-corrected chi connectivity index (χ0v) is 25.5. The molecule has 0 spiro atoms. The van der Waals surface area contributed by atoms with Gasteiger partial charge in [-0.05, 0) is 44.5 Å².